The molecule has 1 fully saturated rings. The molecule has 0 atom stereocenters. The van der Waals surface area contributed by atoms with Crippen molar-refractivity contribution in [1.29, 1.82) is 0 Å². The number of carbonyl (C=O) groups is 1. The molecule has 2 N–H and O–H groups in total. The van der Waals surface area contributed by atoms with E-state index in [1.807, 2.05) is 47.4 Å². The zero-order valence-electron chi connectivity index (χ0n) is 19.8. The minimum absolute atomic E-state index is 0.0157. The predicted octanol–water partition coefficient (Wildman–Crippen LogP) is 4.92. The maximum Gasteiger partial charge on any atom is 0.229 e. The topological polar surface area (TPSA) is 88.6 Å². The molecule has 1 saturated carbocycles. The lowest BCUT2D eigenvalue weighted by Crippen LogP contribution is -2.40. The number of hydrogen-bond donors (Lipinski definition) is 2. The normalized spacial score (nSPS) is 15.5. The van der Waals surface area contributed by atoms with Crippen LogP contribution in [0.25, 0.3) is 0 Å². The molecule has 2 heterocycles. The molecule has 1 spiro atoms. The van der Waals surface area contributed by atoms with Gasteiger partial charge in [-0.1, -0.05) is 12.5 Å². The number of hydrogen-bond acceptors (Lipinski definition) is 7. The quantitative estimate of drug-likeness (QED) is 0.446. The molecule has 0 bridgehead atoms. The Labute approximate surface area is 203 Å². The van der Waals surface area contributed by atoms with E-state index in [0.717, 1.165) is 36.2 Å². The first kappa shape index (κ1) is 23.0. The first-order valence-corrected chi connectivity index (χ1v) is 11.7. The number of aromatic nitrogens is 2. The summed E-state index contributed by atoms with van der Waals surface area (Å²) in [6, 6.07) is 13.2. The number of methoxy groups -OCH3 is 1. The summed E-state index contributed by atoms with van der Waals surface area (Å²) in [6.45, 7) is 3.28. The zero-order valence-corrected chi connectivity index (χ0v) is 19.8. The van der Waals surface area contributed by atoms with Crippen LogP contribution in [-0.4, -0.2) is 42.7 Å². The molecule has 1 aliphatic heterocycles. The molecule has 1 amide bonds. The summed E-state index contributed by atoms with van der Waals surface area (Å²) >= 11 is 0. The van der Waals surface area contributed by atoms with Crippen LogP contribution in [0.3, 0.4) is 0 Å². The number of anilines is 5. The van der Waals surface area contributed by atoms with E-state index in [1.165, 1.54) is 12.0 Å². The Bertz CT molecular complexity index is 1230. The highest BCUT2D eigenvalue weighted by Crippen LogP contribution is 2.53. The number of ether oxygens (including phenoxy) is 2. The fraction of sp³-hybridized carbons (Fsp3) is 0.346. The third-order valence-electron chi connectivity index (χ3n) is 6.68. The van der Waals surface area contributed by atoms with E-state index in [4.69, 9.17) is 9.47 Å². The van der Waals surface area contributed by atoms with Crippen molar-refractivity contribution in [1.82, 2.24) is 9.97 Å². The van der Waals surface area contributed by atoms with Crippen LogP contribution in [0.2, 0.25) is 0 Å². The Morgan fingerprint density at radius 3 is 2.57 bits per heavy atom. The van der Waals surface area contributed by atoms with Gasteiger partial charge in [0.1, 0.15) is 12.4 Å². The molecule has 5 rings (SSSR count). The van der Waals surface area contributed by atoms with E-state index in [1.54, 1.807) is 14.0 Å². The maximum atomic E-state index is 14.6. The van der Waals surface area contributed by atoms with E-state index >= 15 is 0 Å². The lowest BCUT2D eigenvalue weighted by Gasteiger charge is -2.38. The van der Waals surface area contributed by atoms with Gasteiger partial charge in [-0.05, 0) is 54.8 Å². The van der Waals surface area contributed by atoms with Crippen molar-refractivity contribution in [3.05, 3.63) is 60.0 Å². The van der Waals surface area contributed by atoms with Gasteiger partial charge in [-0.15, -0.1) is 0 Å². The summed E-state index contributed by atoms with van der Waals surface area (Å²) in [4.78, 5) is 22.5. The van der Waals surface area contributed by atoms with Crippen LogP contribution >= 0.6 is 0 Å². The van der Waals surface area contributed by atoms with Crippen molar-refractivity contribution in [2.45, 2.75) is 31.6 Å². The molecular formula is C26H28FN5O3. The minimum Gasteiger partial charge on any atom is -0.491 e. The minimum atomic E-state index is -0.572. The fourth-order valence-electron chi connectivity index (χ4n) is 4.72. The molecule has 0 unspecified atom stereocenters. The molecule has 3 aromatic rings. The van der Waals surface area contributed by atoms with E-state index in [0.29, 0.717) is 25.4 Å². The Morgan fingerprint density at radius 1 is 1.11 bits per heavy atom. The molecule has 0 saturated heterocycles. The maximum absolute atomic E-state index is 14.6. The second kappa shape index (κ2) is 9.50. The van der Waals surface area contributed by atoms with Crippen LogP contribution in [0.1, 0.15) is 31.7 Å². The molecule has 2 aliphatic rings. The van der Waals surface area contributed by atoms with E-state index in [9.17, 15) is 9.18 Å². The van der Waals surface area contributed by atoms with Gasteiger partial charge in [0.15, 0.2) is 11.6 Å². The third-order valence-corrected chi connectivity index (χ3v) is 6.68. The number of carbonyl (C=O) groups excluding carboxylic acids is 1. The number of halogens is 1. The second-order valence-corrected chi connectivity index (χ2v) is 8.98. The Morgan fingerprint density at radius 2 is 1.89 bits per heavy atom. The zero-order chi connectivity index (χ0) is 24.4. The van der Waals surface area contributed by atoms with Gasteiger partial charge in [-0.2, -0.15) is 4.98 Å². The van der Waals surface area contributed by atoms with E-state index in [2.05, 4.69) is 20.6 Å². The smallest absolute Gasteiger partial charge is 0.229 e. The molecule has 9 heteroatoms. The molecule has 1 aliphatic carbocycles. The Hall–Kier alpha value is -3.72. The average Bonchev–Trinajstić information content (AvgIpc) is 3.18. The lowest BCUT2D eigenvalue weighted by molar-refractivity contribution is -0.116. The van der Waals surface area contributed by atoms with Gasteiger partial charge >= 0.3 is 0 Å². The molecule has 1 aromatic heterocycles. The van der Waals surface area contributed by atoms with Crippen LogP contribution in [0.4, 0.5) is 33.2 Å². The van der Waals surface area contributed by atoms with Crippen molar-refractivity contribution in [3.8, 4) is 5.75 Å². The average molecular weight is 478 g/mol. The number of nitrogens with one attached hydrogen (secondary N) is 2. The van der Waals surface area contributed by atoms with Crippen molar-refractivity contribution >= 4 is 34.7 Å². The summed E-state index contributed by atoms with van der Waals surface area (Å²) in [5.74, 6) is 0.461. The second-order valence-electron chi connectivity index (χ2n) is 8.98. The summed E-state index contributed by atoms with van der Waals surface area (Å²) in [7, 11) is 1.62. The van der Waals surface area contributed by atoms with Crippen LogP contribution in [0, 0.1) is 5.82 Å². The summed E-state index contributed by atoms with van der Waals surface area (Å²) in [6.07, 6.45) is 4.48. The van der Waals surface area contributed by atoms with Crippen molar-refractivity contribution in [3.63, 3.8) is 0 Å². The van der Waals surface area contributed by atoms with Crippen molar-refractivity contribution < 1.29 is 18.7 Å². The largest absolute Gasteiger partial charge is 0.491 e. The highest BCUT2D eigenvalue weighted by molar-refractivity contribution is 5.95. The molecule has 182 valence electrons. The van der Waals surface area contributed by atoms with Crippen LogP contribution in [0.5, 0.6) is 5.75 Å². The van der Waals surface area contributed by atoms with E-state index in [-0.39, 0.29) is 23.1 Å². The molecular weight excluding hydrogens is 449 g/mol. The standard InChI is InChI=1S/C26H28FN5O3/c1-17(33)32-16-26(10-3-11-26)21-9-6-19(14-23(21)32)29-24-22(27)15-28-25(31-24)30-18-4-7-20(8-5-18)35-13-12-34-2/h4-9,14-15H,3,10-13,16H2,1-2H3,(H2,28,29,30,31). The summed E-state index contributed by atoms with van der Waals surface area (Å²) in [5, 5.41) is 6.13. The Kier molecular flexibility index (Phi) is 6.25. The van der Waals surface area contributed by atoms with E-state index < -0.39 is 5.82 Å². The highest BCUT2D eigenvalue weighted by Gasteiger charge is 2.47. The predicted molar refractivity (Wildman–Crippen MR) is 132 cm³/mol. The van der Waals surface area contributed by atoms with Crippen LogP contribution in [-0.2, 0) is 14.9 Å². The van der Waals surface area contributed by atoms with Gasteiger partial charge in [0, 0.05) is 43.1 Å². The molecule has 8 nitrogen and oxygen atoms in total. The van der Waals surface area contributed by atoms with Gasteiger partial charge < -0.3 is 25.0 Å². The van der Waals surface area contributed by atoms with Gasteiger partial charge in [-0.3, -0.25) is 4.79 Å². The highest BCUT2D eigenvalue weighted by atomic mass is 19.1. The number of rotatable bonds is 8. The lowest BCUT2D eigenvalue weighted by atomic mass is 9.66. The SMILES string of the molecule is COCCOc1ccc(Nc2ncc(F)c(Nc3ccc4c(c3)N(C(C)=O)CC43CCC3)n2)cc1. The number of fused-ring (bicyclic) bond motifs is 2. The first-order valence-electron chi connectivity index (χ1n) is 11.7. The van der Waals surface area contributed by atoms with Gasteiger partial charge in [0.25, 0.3) is 0 Å². The molecule has 35 heavy (non-hydrogen) atoms. The van der Waals surface area contributed by atoms with Gasteiger partial charge in [0.05, 0.1) is 12.8 Å². The Balaban J connectivity index is 1.32. The fourth-order valence-corrected chi connectivity index (χ4v) is 4.72. The number of amides is 1. The monoisotopic (exact) mass is 477 g/mol. The third kappa shape index (κ3) is 4.64. The molecule has 0 radical (unpaired) electrons. The van der Waals surface area contributed by atoms with Gasteiger partial charge in [-0.25, -0.2) is 9.37 Å². The van der Waals surface area contributed by atoms with Crippen molar-refractivity contribution in [2.24, 2.45) is 0 Å². The number of benzene rings is 2. The number of nitrogens with zero attached hydrogens (tertiary/aromatic N) is 3. The summed E-state index contributed by atoms with van der Waals surface area (Å²) in [5.41, 5.74) is 3.56. The molecule has 2 aromatic carbocycles. The first-order chi connectivity index (χ1) is 17.0. The van der Waals surface area contributed by atoms with Crippen LogP contribution in [0.15, 0.2) is 48.7 Å². The van der Waals surface area contributed by atoms with Gasteiger partial charge in [0.2, 0.25) is 11.9 Å². The summed E-state index contributed by atoms with van der Waals surface area (Å²) < 4.78 is 25.1. The van der Waals surface area contributed by atoms with Crippen LogP contribution < -0.4 is 20.3 Å². The van der Waals surface area contributed by atoms with Crippen molar-refractivity contribution in [2.75, 3.05) is 42.4 Å².